The van der Waals surface area contributed by atoms with E-state index >= 15 is 0 Å². The SMILES string of the molecule is CCc1nn(C)cc1NS(=O)(=O)c1ccc2c(c1)CNC2. The Bertz CT molecular complexity index is 780. The molecule has 1 aliphatic heterocycles. The van der Waals surface area contributed by atoms with Crippen LogP contribution < -0.4 is 10.0 Å². The molecule has 3 rings (SSSR count). The standard InChI is InChI=1S/C14H18N4O2S/c1-3-13-14(9-18(2)16-13)17-21(19,20)12-5-4-10-7-15-8-11(10)6-12/h4-6,9,15,17H,3,7-8H2,1-2H3. The van der Waals surface area contributed by atoms with Crippen LogP contribution >= 0.6 is 0 Å². The number of rotatable bonds is 4. The third-order valence-corrected chi connectivity index (χ3v) is 4.97. The highest BCUT2D eigenvalue weighted by Crippen LogP contribution is 2.23. The summed E-state index contributed by atoms with van der Waals surface area (Å²) in [5.41, 5.74) is 3.48. The number of sulfonamides is 1. The summed E-state index contributed by atoms with van der Waals surface area (Å²) in [6, 6.07) is 5.25. The normalized spacial score (nSPS) is 14.2. The van der Waals surface area contributed by atoms with Gasteiger partial charge in [0.25, 0.3) is 10.0 Å². The molecule has 6 nitrogen and oxygen atoms in total. The number of aromatic nitrogens is 2. The molecule has 0 radical (unpaired) electrons. The minimum absolute atomic E-state index is 0.288. The molecule has 112 valence electrons. The second kappa shape index (κ2) is 5.16. The van der Waals surface area contributed by atoms with Gasteiger partial charge in [-0.2, -0.15) is 5.10 Å². The quantitative estimate of drug-likeness (QED) is 0.895. The highest BCUT2D eigenvalue weighted by atomic mass is 32.2. The van der Waals surface area contributed by atoms with Crippen molar-refractivity contribution in [2.45, 2.75) is 31.3 Å². The van der Waals surface area contributed by atoms with Gasteiger partial charge in [0.05, 0.1) is 16.3 Å². The van der Waals surface area contributed by atoms with E-state index in [1.807, 2.05) is 13.0 Å². The van der Waals surface area contributed by atoms with E-state index in [4.69, 9.17) is 0 Å². The molecular formula is C14H18N4O2S. The van der Waals surface area contributed by atoms with Gasteiger partial charge in [-0.3, -0.25) is 9.40 Å². The van der Waals surface area contributed by atoms with E-state index in [0.29, 0.717) is 18.7 Å². The smallest absolute Gasteiger partial charge is 0.262 e. The van der Waals surface area contributed by atoms with Crippen molar-refractivity contribution < 1.29 is 8.42 Å². The zero-order valence-electron chi connectivity index (χ0n) is 12.0. The maximum absolute atomic E-state index is 12.5. The van der Waals surface area contributed by atoms with Gasteiger partial charge in [0.2, 0.25) is 0 Å². The molecule has 21 heavy (non-hydrogen) atoms. The van der Waals surface area contributed by atoms with Crippen LogP contribution in [-0.2, 0) is 36.6 Å². The fraction of sp³-hybridized carbons (Fsp3) is 0.357. The fourth-order valence-corrected chi connectivity index (χ4v) is 3.65. The van der Waals surface area contributed by atoms with Gasteiger partial charge in [0.15, 0.2) is 0 Å². The van der Waals surface area contributed by atoms with Crippen molar-refractivity contribution in [2.24, 2.45) is 7.05 Å². The van der Waals surface area contributed by atoms with E-state index in [2.05, 4.69) is 15.1 Å². The van der Waals surface area contributed by atoms with Gasteiger partial charge < -0.3 is 5.32 Å². The van der Waals surface area contributed by atoms with Crippen molar-refractivity contribution in [3.05, 3.63) is 41.2 Å². The van der Waals surface area contributed by atoms with Gasteiger partial charge in [0, 0.05) is 26.3 Å². The Hall–Kier alpha value is -1.86. The Morgan fingerprint density at radius 1 is 1.33 bits per heavy atom. The molecule has 1 aromatic heterocycles. The Morgan fingerprint density at radius 3 is 2.86 bits per heavy atom. The van der Waals surface area contributed by atoms with Crippen LogP contribution in [0, 0.1) is 0 Å². The fourth-order valence-electron chi connectivity index (χ4n) is 2.52. The lowest BCUT2D eigenvalue weighted by atomic mass is 10.1. The first-order chi connectivity index (χ1) is 9.99. The highest BCUT2D eigenvalue weighted by Gasteiger charge is 2.20. The first kappa shape index (κ1) is 14.1. The molecule has 2 aromatic rings. The molecule has 0 bridgehead atoms. The predicted octanol–water partition coefficient (Wildman–Crippen LogP) is 1.39. The molecule has 7 heteroatoms. The molecule has 2 N–H and O–H groups in total. The van der Waals surface area contributed by atoms with Gasteiger partial charge in [-0.25, -0.2) is 8.42 Å². The van der Waals surface area contributed by atoms with Crippen LogP contribution in [0.15, 0.2) is 29.3 Å². The number of fused-ring (bicyclic) bond motifs is 1. The number of benzene rings is 1. The van der Waals surface area contributed by atoms with Crippen molar-refractivity contribution >= 4 is 15.7 Å². The largest absolute Gasteiger partial charge is 0.309 e. The molecule has 0 amide bonds. The highest BCUT2D eigenvalue weighted by molar-refractivity contribution is 7.92. The first-order valence-corrected chi connectivity index (χ1v) is 8.36. The van der Waals surface area contributed by atoms with Crippen LogP contribution in [0.3, 0.4) is 0 Å². The molecule has 1 aromatic carbocycles. The lowest BCUT2D eigenvalue weighted by Gasteiger charge is -2.08. The van der Waals surface area contributed by atoms with E-state index in [1.165, 1.54) is 0 Å². The monoisotopic (exact) mass is 306 g/mol. The summed E-state index contributed by atoms with van der Waals surface area (Å²) < 4.78 is 29.3. The summed E-state index contributed by atoms with van der Waals surface area (Å²) >= 11 is 0. The lowest BCUT2D eigenvalue weighted by molar-refractivity contribution is 0.601. The van der Waals surface area contributed by atoms with Gasteiger partial charge in [-0.05, 0) is 29.7 Å². The lowest BCUT2D eigenvalue weighted by Crippen LogP contribution is -2.14. The minimum Gasteiger partial charge on any atom is -0.309 e. The summed E-state index contributed by atoms with van der Waals surface area (Å²) in [6.07, 6.45) is 2.36. The van der Waals surface area contributed by atoms with Gasteiger partial charge in [-0.1, -0.05) is 13.0 Å². The maximum atomic E-state index is 12.5. The van der Waals surface area contributed by atoms with E-state index in [0.717, 1.165) is 23.4 Å². The van der Waals surface area contributed by atoms with Crippen molar-refractivity contribution in [1.82, 2.24) is 15.1 Å². The van der Waals surface area contributed by atoms with Crippen molar-refractivity contribution in [3.8, 4) is 0 Å². The third kappa shape index (κ3) is 2.66. The molecule has 0 atom stereocenters. The Labute approximate surface area is 124 Å². The number of anilines is 1. The topological polar surface area (TPSA) is 76.0 Å². The van der Waals surface area contributed by atoms with Crippen molar-refractivity contribution in [3.63, 3.8) is 0 Å². The molecule has 0 unspecified atom stereocenters. The molecule has 0 spiro atoms. The Morgan fingerprint density at radius 2 is 2.10 bits per heavy atom. The summed E-state index contributed by atoms with van der Waals surface area (Å²) in [5.74, 6) is 0. The second-order valence-electron chi connectivity index (χ2n) is 5.16. The van der Waals surface area contributed by atoms with Gasteiger partial charge in [-0.15, -0.1) is 0 Å². The summed E-state index contributed by atoms with van der Waals surface area (Å²) in [5, 5.41) is 7.45. The van der Waals surface area contributed by atoms with E-state index in [-0.39, 0.29) is 4.90 Å². The number of nitrogens with one attached hydrogen (secondary N) is 2. The molecule has 0 aliphatic carbocycles. The Balaban J connectivity index is 1.93. The molecule has 0 saturated carbocycles. The van der Waals surface area contributed by atoms with E-state index in [1.54, 1.807) is 30.1 Å². The third-order valence-electron chi connectivity index (χ3n) is 3.60. The van der Waals surface area contributed by atoms with Crippen LogP contribution in [0.5, 0.6) is 0 Å². The molecule has 0 fully saturated rings. The molecular weight excluding hydrogens is 288 g/mol. The Kier molecular flexibility index (Phi) is 3.46. The number of nitrogens with zero attached hydrogens (tertiary/aromatic N) is 2. The number of hydrogen-bond donors (Lipinski definition) is 2. The van der Waals surface area contributed by atoms with Gasteiger partial charge in [0.1, 0.15) is 0 Å². The zero-order valence-corrected chi connectivity index (χ0v) is 12.9. The zero-order chi connectivity index (χ0) is 15.0. The number of hydrogen-bond acceptors (Lipinski definition) is 4. The van der Waals surface area contributed by atoms with Crippen LogP contribution in [-0.4, -0.2) is 18.2 Å². The second-order valence-corrected chi connectivity index (χ2v) is 6.84. The molecule has 0 saturated heterocycles. The van der Waals surface area contributed by atoms with E-state index < -0.39 is 10.0 Å². The van der Waals surface area contributed by atoms with Gasteiger partial charge >= 0.3 is 0 Å². The van der Waals surface area contributed by atoms with Crippen molar-refractivity contribution in [2.75, 3.05) is 4.72 Å². The van der Waals surface area contributed by atoms with Crippen LogP contribution in [0.25, 0.3) is 0 Å². The maximum Gasteiger partial charge on any atom is 0.262 e. The van der Waals surface area contributed by atoms with Crippen LogP contribution in [0.4, 0.5) is 5.69 Å². The molecule has 2 heterocycles. The van der Waals surface area contributed by atoms with Crippen LogP contribution in [0.1, 0.15) is 23.7 Å². The molecule has 1 aliphatic rings. The summed E-state index contributed by atoms with van der Waals surface area (Å²) in [4.78, 5) is 0.288. The average molecular weight is 306 g/mol. The summed E-state index contributed by atoms with van der Waals surface area (Å²) in [6.45, 7) is 3.46. The minimum atomic E-state index is -3.59. The average Bonchev–Trinajstić information content (AvgIpc) is 3.03. The number of aryl methyl sites for hydroxylation is 2. The first-order valence-electron chi connectivity index (χ1n) is 6.87. The predicted molar refractivity (Wildman–Crippen MR) is 80.4 cm³/mol. The van der Waals surface area contributed by atoms with Crippen molar-refractivity contribution in [1.29, 1.82) is 0 Å². The van der Waals surface area contributed by atoms with Crippen LogP contribution in [0.2, 0.25) is 0 Å². The van der Waals surface area contributed by atoms with E-state index in [9.17, 15) is 8.42 Å². The summed E-state index contributed by atoms with van der Waals surface area (Å²) in [7, 11) is -1.81.